The van der Waals surface area contributed by atoms with Gasteiger partial charge in [0.2, 0.25) is 5.91 Å². The molecule has 2 atom stereocenters. The molecule has 2 N–H and O–H groups in total. The topological polar surface area (TPSA) is 49.6 Å². The van der Waals surface area contributed by atoms with Crippen LogP contribution in [0.4, 0.5) is 5.69 Å². The Balaban J connectivity index is 1.92. The van der Waals surface area contributed by atoms with E-state index in [-0.39, 0.29) is 17.9 Å². The first kappa shape index (κ1) is 15.1. The maximum atomic E-state index is 12.2. The highest BCUT2D eigenvalue weighted by Crippen LogP contribution is 2.20. The van der Waals surface area contributed by atoms with Gasteiger partial charge in [0.15, 0.2) is 0 Å². The zero-order valence-corrected chi connectivity index (χ0v) is 12.8. The van der Waals surface area contributed by atoms with Gasteiger partial charge < -0.3 is 15.5 Å². The highest BCUT2D eigenvalue weighted by molar-refractivity contribution is 6.30. The molecule has 5 heteroatoms. The molecule has 2 unspecified atom stereocenters. The number of piperazine rings is 1. The Morgan fingerprint density at radius 2 is 1.70 bits per heavy atom. The molecule has 0 spiro atoms. The van der Waals surface area contributed by atoms with E-state index in [1.165, 1.54) is 0 Å². The van der Waals surface area contributed by atoms with Crippen LogP contribution < -0.4 is 10.6 Å². The number of carbonyl (C=O) groups excluding carboxylic acids is 1. The minimum absolute atomic E-state index is 0.100. The Morgan fingerprint density at radius 3 is 2.20 bits per heavy atom. The number of rotatable bonds is 3. The summed E-state index contributed by atoms with van der Waals surface area (Å²) in [6, 6.07) is 7.73. The summed E-state index contributed by atoms with van der Waals surface area (Å²) in [5.74, 6) is 0.0489. The number of nitrogens with zero attached hydrogens (tertiary/aromatic N) is 2. The molecule has 0 saturated carbocycles. The van der Waals surface area contributed by atoms with Crippen molar-refractivity contribution in [1.29, 1.82) is 0 Å². The van der Waals surface area contributed by atoms with E-state index in [1.54, 1.807) is 0 Å². The van der Waals surface area contributed by atoms with Crippen LogP contribution in [0.25, 0.3) is 0 Å². The van der Waals surface area contributed by atoms with Crippen molar-refractivity contribution in [2.75, 3.05) is 31.1 Å². The van der Waals surface area contributed by atoms with Crippen LogP contribution in [0.5, 0.6) is 0 Å². The SMILES string of the molecule is CC(N)C(C)C(=O)N1CCN(c2ccc(Cl)cc2)CC1. The number of hydrogen-bond acceptors (Lipinski definition) is 3. The molecule has 0 radical (unpaired) electrons. The van der Waals surface area contributed by atoms with Gasteiger partial charge in [-0.2, -0.15) is 0 Å². The summed E-state index contributed by atoms with van der Waals surface area (Å²) in [5, 5.41) is 0.744. The molecule has 1 heterocycles. The normalized spacial score (nSPS) is 18.8. The number of amides is 1. The van der Waals surface area contributed by atoms with Crippen molar-refractivity contribution in [3.8, 4) is 0 Å². The molecule has 20 heavy (non-hydrogen) atoms. The Kier molecular flexibility index (Phi) is 4.89. The summed E-state index contributed by atoms with van der Waals surface area (Å²) >= 11 is 5.90. The first-order valence-electron chi connectivity index (χ1n) is 7.04. The second-order valence-corrected chi connectivity index (χ2v) is 5.87. The highest BCUT2D eigenvalue weighted by Gasteiger charge is 2.26. The Hall–Kier alpha value is -1.26. The van der Waals surface area contributed by atoms with Gasteiger partial charge in [-0.25, -0.2) is 0 Å². The second-order valence-electron chi connectivity index (χ2n) is 5.44. The van der Waals surface area contributed by atoms with Crippen LogP contribution in [0.2, 0.25) is 5.02 Å². The van der Waals surface area contributed by atoms with Gasteiger partial charge in [0.25, 0.3) is 0 Å². The Labute approximate surface area is 125 Å². The van der Waals surface area contributed by atoms with E-state index in [9.17, 15) is 4.79 Å². The molecule has 4 nitrogen and oxygen atoms in total. The smallest absolute Gasteiger partial charge is 0.227 e. The number of carbonyl (C=O) groups is 1. The molecule has 0 bridgehead atoms. The van der Waals surface area contributed by atoms with Crippen LogP contribution >= 0.6 is 11.6 Å². The van der Waals surface area contributed by atoms with Crippen molar-refractivity contribution in [2.24, 2.45) is 11.7 Å². The van der Waals surface area contributed by atoms with Crippen LogP contribution in [-0.4, -0.2) is 43.0 Å². The zero-order valence-electron chi connectivity index (χ0n) is 12.1. The van der Waals surface area contributed by atoms with Gasteiger partial charge in [-0.3, -0.25) is 4.79 Å². The van der Waals surface area contributed by atoms with Crippen molar-refractivity contribution in [3.63, 3.8) is 0 Å². The third-order valence-corrected chi connectivity index (χ3v) is 4.21. The summed E-state index contributed by atoms with van der Waals surface area (Å²) in [6.07, 6.45) is 0. The van der Waals surface area contributed by atoms with Crippen LogP contribution in [0.1, 0.15) is 13.8 Å². The minimum atomic E-state index is -0.114. The van der Waals surface area contributed by atoms with Crippen molar-refractivity contribution in [3.05, 3.63) is 29.3 Å². The average Bonchev–Trinajstić information content (AvgIpc) is 2.46. The first-order chi connectivity index (χ1) is 9.49. The van der Waals surface area contributed by atoms with Gasteiger partial charge in [0.1, 0.15) is 0 Å². The maximum absolute atomic E-state index is 12.2. The molecule has 0 aliphatic carbocycles. The van der Waals surface area contributed by atoms with Gasteiger partial charge >= 0.3 is 0 Å². The Bertz CT molecular complexity index is 453. The van der Waals surface area contributed by atoms with Crippen LogP contribution in [0.15, 0.2) is 24.3 Å². The molecule has 1 saturated heterocycles. The molecule has 1 aromatic carbocycles. The van der Waals surface area contributed by atoms with E-state index < -0.39 is 0 Å². The maximum Gasteiger partial charge on any atom is 0.227 e. The number of anilines is 1. The van der Waals surface area contributed by atoms with Gasteiger partial charge in [-0.1, -0.05) is 18.5 Å². The molecule has 1 aliphatic heterocycles. The lowest BCUT2D eigenvalue weighted by molar-refractivity contribution is -0.135. The fraction of sp³-hybridized carbons (Fsp3) is 0.533. The third kappa shape index (κ3) is 3.44. The monoisotopic (exact) mass is 295 g/mol. The standard InChI is InChI=1S/C15H22ClN3O/c1-11(12(2)17)15(20)19-9-7-18(8-10-19)14-5-3-13(16)4-6-14/h3-6,11-12H,7-10,17H2,1-2H3. The molecule has 1 fully saturated rings. The summed E-state index contributed by atoms with van der Waals surface area (Å²) in [6.45, 7) is 6.97. The lowest BCUT2D eigenvalue weighted by atomic mass is 10.0. The van der Waals surface area contributed by atoms with Gasteiger partial charge in [0, 0.05) is 42.9 Å². The molecular formula is C15H22ClN3O. The van der Waals surface area contributed by atoms with Crippen molar-refractivity contribution >= 4 is 23.2 Å². The van der Waals surface area contributed by atoms with E-state index in [0.717, 1.165) is 36.9 Å². The Morgan fingerprint density at radius 1 is 1.15 bits per heavy atom. The first-order valence-corrected chi connectivity index (χ1v) is 7.41. The summed E-state index contributed by atoms with van der Waals surface area (Å²) in [4.78, 5) is 16.4. The number of hydrogen-bond donors (Lipinski definition) is 1. The fourth-order valence-electron chi connectivity index (χ4n) is 2.35. The van der Waals surface area contributed by atoms with Crippen LogP contribution in [0, 0.1) is 5.92 Å². The predicted octanol–water partition coefficient (Wildman–Crippen LogP) is 1.97. The molecule has 0 aromatic heterocycles. The lowest BCUT2D eigenvalue weighted by Crippen LogP contribution is -2.52. The lowest BCUT2D eigenvalue weighted by Gasteiger charge is -2.37. The average molecular weight is 296 g/mol. The molecule has 2 rings (SSSR count). The summed E-state index contributed by atoms with van der Waals surface area (Å²) in [5.41, 5.74) is 6.96. The molecule has 1 amide bonds. The molecule has 110 valence electrons. The van der Waals surface area contributed by atoms with Gasteiger partial charge in [-0.15, -0.1) is 0 Å². The second kappa shape index (κ2) is 6.46. The number of halogens is 1. The van der Waals surface area contributed by atoms with E-state index in [1.807, 2.05) is 43.0 Å². The van der Waals surface area contributed by atoms with Crippen LogP contribution in [0.3, 0.4) is 0 Å². The third-order valence-electron chi connectivity index (χ3n) is 3.96. The van der Waals surface area contributed by atoms with E-state index in [2.05, 4.69) is 4.90 Å². The number of benzene rings is 1. The largest absolute Gasteiger partial charge is 0.368 e. The minimum Gasteiger partial charge on any atom is -0.368 e. The zero-order chi connectivity index (χ0) is 14.7. The van der Waals surface area contributed by atoms with E-state index in [0.29, 0.717) is 0 Å². The quantitative estimate of drug-likeness (QED) is 0.927. The fourth-order valence-corrected chi connectivity index (χ4v) is 2.48. The van der Waals surface area contributed by atoms with Crippen molar-refractivity contribution < 1.29 is 4.79 Å². The molecule has 1 aliphatic rings. The van der Waals surface area contributed by atoms with Crippen molar-refractivity contribution in [2.45, 2.75) is 19.9 Å². The predicted molar refractivity (Wildman–Crippen MR) is 83.1 cm³/mol. The number of nitrogens with two attached hydrogens (primary N) is 1. The van der Waals surface area contributed by atoms with Gasteiger partial charge in [0.05, 0.1) is 5.92 Å². The molecular weight excluding hydrogens is 274 g/mol. The molecule has 1 aromatic rings. The van der Waals surface area contributed by atoms with Crippen molar-refractivity contribution in [1.82, 2.24) is 4.90 Å². The van der Waals surface area contributed by atoms with E-state index >= 15 is 0 Å². The van der Waals surface area contributed by atoms with Crippen LogP contribution in [-0.2, 0) is 4.79 Å². The summed E-state index contributed by atoms with van der Waals surface area (Å²) < 4.78 is 0. The van der Waals surface area contributed by atoms with E-state index in [4.69, 9.17) is 17.3 Å². The summed E-state index contributed by atoms with van der Waals surface area (Å²) in [7, 11) is 0. The highest BCUT2D eigenvalue weighted by atomic mass is 35.5. The van der Waals surface area contributed by atoms with Gasteiger partial charge in [-0.05, 0) is 31.2 Å².